The Balaban J connectivity index is 2.24. The van der Waals surface area contributed by atoms with Gasteiger partial charge in [0.25, 0.3) is 0 Å². The van der Waals surface area contributed by atoms with Crippen molar-refractivity contribution in [1.29, 1.82) is 0 Å². The number of hydrogen-bond acceptors (Lipinski definition) is 1. The van der Waals surface area contributed by atoms with Crippen LogP contribution in [0.15, 0.2) is 55.4 Å². The topological polar surface area (TPSA) is 33.1 Å². The molecule has 0 atom stereocenters. The third kappa shape index (κ3) is 1.56. The number of nitrogens with one attached hydrogen (secondary N) is 1. The fraction of sp³-hybridized carbons (Fsp3) is 0.0714. The van der Waals surface area contributed by atoms with Gasteiger partial charge in [0.15, 0.2) is 5.65 Å². The van der Waals surface area contributed by atoms with E-state index in [0.29, 0.717) is 0 Å². The molecule has 0 radical (unpaired) electrons. The molecule has 0 spiro atoms. The lowest BCUT2D eigenvalue weighted by Crippen LogP contribution is -1.85. The molecule has 0 aliphatic carbocycles. The molecular formula is C14H13N3. The van der Waals surface area contributed by atoms with Gasteiger partial charge in [0.2, 0.25) is 0 Å². The molecule has 1 N–H and O–H groups in total. The quantitative estimate of drug-likeness (QED) is 0.680. The van der Waals surface area contributed by atoms with E-state index in [1.807, 2.05) is 35.0 Å². The van der Waals surface area contributed by atoms with Crippen LogP contribution in [-0.2, 0) is 6.42 Å². The van der Waals surface area contributed by atoms with Crippen LogP contribution in [0.4, 0.5) is 0 Å². The summed E-state index contributed by atoms with van der Waals surface area (Å²) < 4.78 is 1.95. The van der Waals surface area contributed by atoms with Gasteiger partial charge in [-0.3, -0.25) is 5.10 Å². The fourth-order valence-electron chi connectivity index (χ4n) is 2.10. The first-order chi connectivity index (χ1) is 8.40. The highest BCUT2D eigenvalue weighted by molar-refractivity contribution is 5.71. The van der Waals surface area contributed by atoms with E-state index in [4.69, 9.17) is 0 Å². The molecule has 84 valence electrons. The SMILES string of the molecule is C=CCc1c(-c2ccccc2)[nH]n2ccnc12. The van der Waals surface area contributed by atoms with E-state index in [1.165, 1.54) is 11.1 Å². The summed E-state index contributed by atoms with van der Waals surface area (Å²) in [6.07, 6.45) is 6.44. The Morgan fingerprint density at radius 2 is 2.12 bits per heavy atom. The molecule has 3 heteroatoms. The third-order valence-corrected chi connectivity index (χ3v) is 2.86. The van der Waals surface area contributed by atoms with Gasteiger partial charge in [0, 0.05) is 18.0 Å². The number of fused-ring (bicyclic) bond motifs is 1. The summed E-state index contributed by atoms with van der Waals surface area (Å²) in [5, 5.41) is 3.35. The number of hydrogen-bond donors (Lipinski definition) is 1. The predicted molar refractivity (Wildman–Crippen MR) is 68.9 cm³/mol. The summed E-state index contributed by atoms with van der Waals surface area (Å²) in [7, 11) is 0. The molecule has 0 unspecified atom stereocenters. The molecule has 0 fully saturated rings. The van der Waals surface area contributed by atoms with Crippen LogP contribution in [0.5, 0.6) is 0 Å². The molecule has 1 aromatic carbocycles. The van der Waals surface area contributed by atoms with Gasteiger partial charge in [-0.25, -0.2) is 9.50 Å². The Bertz CT molecular complexity index is 646. The monoisotopic (exact) mass is 223 g/mol. The van der Waals surface area contributed by atoms with Gasteiger partial charge < -0.3 is 0 Å². The van der Waals surface area contributed by atoms with Gasteiger partial charge >= 0.3 is 0 Å². The van der Waals surface area contributed by atoms with Crippen LogP contribution >= 0.6 is 0 Å². The van der Waals surface area contributed by atoms with E-state index in [-0.39, 0.29) is 0 Å². The van der Waals surface area contributed by atoms with Crippen molar-refractivity contribution in [2.75, 3.05) is 0 Å². The van der Waals surface area contributed by atoms with Crippen LogP contribution in [-0.4, -0.2) is 14.6 Å². The van der Waals surface area contributed by atoms with E-state index < -0.39 is 0 Å². The second-order valence-electron chi connectivity index (χ2n) is 3.95. The average Bonchev–Trinajstić information content (AvgIpc) is 2.93. The molecule has 2 aromatic heterocycles. The van der Waals surface area contributed by atoms with Crippen molar-refractivity contribution in [3.8, 4) is 11.3 Å². The molecule has 3 nitrogen and oxygen atoms in total. The first-order valence-corrected chi connectivity index (χ1v) is 5.60. The molecular weight excluding hydrogens is 210 g/mol. The number of nitrogens with zero attached hydrogens (tertiary/aromatic N) is 2. The Hall–Kier alpha value is -2.29. The van der Waals surface area contributed by atoms with E-state index >= 15 is 0 Å². The third-order valence-electron chi connectivity index (χ3n) is 2.86. The number of imidazole rings is 1. The fourth-order valence-corrected chi connectivity index (χ4v) is 2.10. The highest BCUT2D eigenvalue weighted by Gasteiger charge is 2.12. The highest BCUT2D eigenvalue weighted by atomic mass is 15.3. The predicted octanol–water partition coefficient (Wildman–Crippen LogP) is 3.06. The first-order valence-electron chi connectivity index (χ1n) is 5.60. The van der Waals surface area contributed by atoms with Crippen LogP contribution in [0.3, 0.4) is 0 Å². The minimum atomic E-state index is 0.814. The summed E-state index contributed by atoms with van der Waals surface area (Å²) in [4.78, 5) is 4.37. The zero-order valence-corrected chi connectivity index (χ0v) is 9.43. The van der Waals surface area contributed by atoms with E-state index in [1.54, 1.807) is 6.20 Å². The summed E-state index contributed by atoms with van der Waals surface area (Å²) in [5.74, 6) is 0. The van der Waals surface area contributed by atoms with Crippen LogP contribution in [0.1, 0.15) is 5.56 Å². The molecule has 0 aliphatic heterocycles. The molecule has 2 heterocycles. The summed E-state index contributed by atoms with van der Waals surface area (Å²) in [6.45, 7) is 3.81. The van der Waals surface area contributed by atoms with Crippen molar-refractivity contribution in [2.24, 2.45) is 0 Å². The van der Waals surface area contributed by atoms with E-state index in [0.717, 1.165) is 17.8 Å². The average molecular weight is 223 g/mol. The zero-order chi connectivity index (χ0) is 11.7. The first kappa shape index (κ1) is 9.90. The van der Waals surface area contributed by atoms with Gasteiger partial charge in [-0.15, -0.1) is 6.58 Å². The smallest absolute Gasteiger partial charge is 0.157 e. The molecule has 0 saturated carbocycles. The maximum Gasteiger partial charge on any atom is 0.157 e. The molecule has 0 bridgehead atoms. The number of benzene rings is 1. The summed E-state index contributed by atoms with van der Waals surface area (Å²) in [5.41, 5.74) is 4.46. The lowest BCUT2D eigenvalue weighted by Gasteiger charge is -2.00. The molecule has 0 saturated heterocycles. The summed E-state index contributed by atoms with van der Waals surface area (Å²) in [6, 6.07) is 10.3. The lowest BCUT2D eigenvalue weighted by atomic mass is 10.1. The second kappa shape index (κ2) is 3.94. The van der Waals surface area contributed by atoms with E-state index in [2.05, 4.69) is 28.8 Å². The van der Waals surface area contributed by atoms with Gasteiger partial charge in [0.1, 0.15) is 0 Å². The van der Waals surface area contributed by atoms with Gasteiger partial charge in [-0.1, -0.05) is 36.4 Å². The Morgan fingerprint density at radius 3 is 2.88 bits per heavy atom. The van der Waals surface area contributed by atoms with Gasteiger partial charge in [0.05, 0.1) is 5.69 Å². The van der Waals surface area contributed by atoms with Gasteiger partial charge in [-0.2, -0.15) is 0 Å². The lowest BCUT2D eigenvalue weighted by molar-refractivity contribution is 0.978. The standard InChI is InChI=1S/C14H13N3/c1-2-6-12-13(11-7-4-3-5-8-11)16-17-10-9-15-14(12)17/h2-5,7-10,16H,1,6H2. The van der Waals surface area contributed by atoms with E-state index in [9.17, 15) is 0 Å². The maximum absolute atomic E-state index is 4.37. The Labute approximate surface area is 99.4 Å². The second-order valence-corrected chi connectivity index (χ2v) is 3.95. The number of allylic oxidation sites excluding steroid dienone is 1. The number of H-pyrrole nitrogens is 1. The Kier molecular flexibility index (Phi) is 2.29. The van der Waals surface area contributed by atoms with Crippen LogP contribution in [0, 0.1) is 0 Å². The van der Waals surface area contributed by atoms with Crippen LogP contribution < -0.4 is 0 Å². The molecule has 3 rings (SSSR count). The molecule has 0 amide bonds. The number of aromatic amines is 1. The van der Waals surface area contributed by atoms with Crippen LogP contribution in [0.2, 0.25) is 0 Å². The van der Waals surface area contributed by atoms with Crippen molar-refractivity contribution in [3.63, 3.8) is 0 Å². The highest BCUT2D eigenvalue weighted by Crippen LogP contribution is 2.25. The van der Waals surface area contributed by atoms with Gasteiger partial charge in [-0.05, 0) is 12.0 Å². The zero-order valence-electron chi connectivity index (χ0n) is 9.43. The van der Waals surface area contributed by atoms with Crippen molar-refractivity contribution in [2.45, 2.75) is 6.42 Å². The number of aromatic nitrogens is 3. The minimum Gasteiger partial charge on any atom is -0.292 e. The Morgan fingerprint density at radius 1 is 1.29 bits per heavy atom. The molecule has 0 aliphatic rings. The van der Waals surface area contributed by atoms with Crippen molar-refractivity contribution in [3.05, 3.63) is 60.9 Å². The van der Waals surface area contributed by atoms with Crippen molar-refractivity contribution in [1.82, 2.24) is 14.6 Å². The molecule has 3 aromatic rings. The molecule has 17 heavy (non-hydrogen) atoms. The van der Waals surface area contributed by atoms with Crippen molar-refractivity contribution >= 4 is 5.65 Å². The maximum atomic E-state index is 4.37. The minimum absolute atomic E-state index is 0.814. The summed E-state index contributed by atoms with van der Waals surface area (Å²) >= 11 is 0. The normalized spacial score (nSPS) is 10.8. The largest absolute Gasteiger partial charge is 0.292 e. The van der Waals surface area contributed by atoms with Crippen LogP contribution in [0.25, 0.3) is 16.9 Å². The number of rotatable bonds is 3. The van der Waals surface area contributed by atoms with Crippen molar-refractivity contribution < 1.29 is 0 Å².